The van der Waals surface area contributed by atoms with Gasteiger partial charge in [-0.3, -0.25) is 4.79 Å². The fraction of sp³-hybridized carbons (Fsp3) is 0.462. The molecule has 0 spiro atoms. The Kier molecular flexibility index (Phi) is 4.34. The fourth-order valence-corrected chi connectivity index (χ4v) is 3.10. The van der Waals surface area contributed by atoms with Crippen molar-refractivity contribution < 1.29 is 17.6 Å². The van der Waals surface area contributed by atoms with E-state index in [1.54, 1.807) is 0 Å². The van der Waals surface area contributed by atoms with Crippen molar-refractivity contribution in [3.8, 4) is 0 Å². The third-order valence-corrected chi connectivity index (χ3v) is 5.01. The molecule has 1 N–H and O–H groups in total. The molecule has 1 aromatic carbocycles. The Labute approximate surface area is 121 Å². The minimum absolute atomic E-state index is 0.0114. The fourth-order valence-electron chi connectivity index (χ4n) is 2.18. The highest BCUT2D eigenvalue weighted by Gasteiger charge is 2.26. The zero-order valence-corrected chi connectivity index (χ0v) is 12.5. The Bertz CT molecular complexity index is 629. The van der Waals surface area contributed by atoms with E-state index in [-0.39, 0.29) is 11.6 Å². The standard InChI is InChI=1S/C13H15ClFNO3S/c1-8(9-3-2-4-9)16-13(17)10-5-6-11(15)12(7-10)20(14,18)19/h5-9H,2-4H2,1H3,(H,16,17). The second-order valence-corrected chi connectivity index (χ2v) is 7.57. The van der Waals surface area contributed by atoms with Gasteiger partial charge in [-0.1, -0.05) is 6.42 Å². The van der Waals surface area contributed by atoms with Crippen LogP contribution in [-0.2, 0) is 9.05 Å². The first-order chi connectivity index (χ1) is 9.29. The van der Waals surface area contributed by atoms with Crippen LogP contribution in [-0.4, -0.2) is 20.4 Å². The average molecular weight is 320 g/mol. The molecule has 1 atom stereocenters. The van der Waals surface area contributed by atoms with Gasteiger partial charge >= 0.3 is 0 Å². The van der Waals surface area contributed by atoms with E-state index >= 15 is 0 Å². The number of amides is 1. The van der Waals surface area contributed by atoms with E-state index in [4.69, 9.17) is 10.7 Å². The van der Waals surface area contributed by atoms with Gasteiger partial charge in [0, 0.05) is 22.3 Å². The van der Waals surface area contributed by atoms with E-state index in [0.29, 0.717) is 5.92 Å². The Morgan fingerprint density at radius 1 is 1.45 bits per heavy atom. The Balaban J connectivity index is 2.18. The van der Waals surface area contributed by atoms with Crippen LogP contribution in [0.15, 0.2) is 23.1 Å². The third kappa shape index (κ3) is 3.30. The van der Waals surface area contributed by atoms with Crippen LogP contribution in [0.5, 0.6) is 0 Å². The number of carbonyl (C=O) groups is 1. The predicted molar refractivity (Wildman–Crippen MR) is 73.7 cm³/mol. The molecule has 1 aliphatic rings. The Morgan fingerprint density at radius 2 is 2.10 bits per heavy atom. The largest absolute Gasteiger partial charge is 0.349 e. The average Bonchev–Trinajstić information content (AvgIpc) is 2.25. The number of hydrogen-bond acceptors (Lipinski definition) is 3. The molecule has 0 saturated heterocycles. The van der Waals surface area contributed by atoms with Crippen molar-refractivity contribution in [1.29, 1.82) is 0 Å². The number of benzene rings is 1. The van der Waals surface area contributed by atoms with Crippen molar-refractivity contribution in [2.45, 2.75) is 37.1 Å². The molecule has 0 bridgehead atoms. The Morgan fingerprint density at radius 3 is 2.60 bits per heavy atom. The maximum absolute atomic E-state index is 13.4. The van der Waals surface area contributed by atoms with Crippen molar-refractivity contribution in [1.82, 2.24) is 5.32 Å². The van der Waals surface area contributed by atoms with Crippen LogP contribution in [0.3, 0.4) is 0 Å². The van der Waals surface area contributed by atoms with Crippen LogP contribution in [0.2, 0.25) is 0 Å². The van der Waals surface area contributed by atoms with Gasteiger partial charge in [0.1, 0.15) is 10.7 Å². The monoisotopic (exact) mass is 319 g/mol. The summed E-state index contributed by atoms with van der Waals surface area (Å²) in [5, 5.41) is 2.80. The molecule has 2 rings (SSSR count). The van der Waals surface area contributed by atoms with Crippen molar-refractivity contribution in [2.75, 3.05) is 0 Å². The maximum atomic E-state index is 13.4. The molecule has 20 heavy (non-hydrogen) atoms. The third-order valence-electron chi connectivity index (χ3n) is 3.67. The molecule has 1 aliphatic carbocycles. The molecule has 4 nitrogen and oxygen atoms in total. The van der Waals surface area contributed by atoms with Crippen LogP contribution >= 0.6 is 10.7 Å². The summed E-state index contributed by atoms with van der Waals surface area (Å²) in [6.07, 6.45) is 3.31. The van der Waals surface area contributed by atoms with Crippen LogP contribution in [0.4, 0.5) is 4.39 Å². The van der Waals surface area contributed by atoms with Crippen LogP contribution in [0.25, 0.3) is 0 Å². The zero-order chi connectivity index (χ0) is 14.9. The molecule has 1 aromatic rings. The summed E-state index contributed by atoms with van der Waals surface area (Å²) in [7, 11) is 0.918. The van der Waals surface area contributed by atoms with Gasteiger partial charge in [0.25, 0.3) is 15.0 Å². The van der Waals surface area contributed by atoms with Crippen molar-refractivity contribution in [2.24, 2.45) is 5.92 Å². The van der Waals surface area contributed by atoms with Crippen molar-refractivity contribution >= 4 is 25.6 Å². The predicted octanol–water partition coefficient (Wildman–Crippen LogP) is 2.67. The molecule has 0 heterocycles. The lowest BCUT2D eigenvalue weighted by molar-refractivity contribution is 0.0909. The SMILES string of the molecule is CC(NC(=O)c1ccc(F)c(S(=O)(=O)Cl)c1)C1CCC1. The van der Waals surface area contributed by atoms with Crippen LogP contribution in [0, 0.1) is 11.7 Å². The van der Waals surface area contributed by atoms with Gasteiger partial charge in [0.05, 0.1) is 0 Å². The van der Waals surface area contributed by atoms with Crippen LogP contribution < -0.4 is 5.32 Å². The molecule has 1 fully saturated rings. The molecule has 0 radical (unpaired) electrons. The van der Waals surface area contributed by atoms with E-state index in [0.717, 1.165) is 31.4 Å². The van der Waals surface area contributed by atoms with E-state index in [2.05, 4.69) is 5.32 Å². The molecule has 0 aromatic heterocycles. The van der Waals surface area contributed by atoms with Crippen molar-refractivity contribution in [3.63, 3.8) is 0 Å². The van der Waals surface area contributed by atoms with Gasteiger partial charge < -0.3 is 5.32 Å². The first-order valence-electron chi connectivity index (χ1n) is 6.34. The normalized spacial score (nSPS) is 17.4. The molecule has 1 amide bonds. The minimum atomic E-state index is -4.21. The molecule has 1 unspecified atom stereocenters. The highest BCUT2D eigenvalue weighted by molar-refractivity contribution is 8.13. The number of rotatable bonds is 4. The quantitative estimate of drug-likeness (QED) is 0.868. The van der Waals surface area contributed by atoms with E-state index in [1.165, 1.54) is 6.07 Å². The van der Waals surface area contributed by atoms with E-state index in [9.17, 15) is 17.6 Å². The highest BCUT2D eigenvalue weighted by Crippen LogP contribution is 2.29. The van der Waals surface area contributed by atoms with Crippen LogP contribution in [0.1, 0.15) is 36.5 Å². The summed E-state index contributed by atoms with van der Waals surface area (Å²) in [6, 6.07) is 3.14. The second kappa shape index (κ2) is 5.69. The summed E-state index contributed by atoms with van der Waals surface area (Å²) in [5.74, 6) is -0.940. The highest BCUT2D eigenvalue weighted by atomic mass is 35.7. The summed E-state index contributed by atoms with van der Waals surface area (Å²) in [6.45, 7) is 1.91. The topological polar surface area (TPSA) is 63.2 Å². The van der Waals surface area contributed by atoms with Gasteiger partial charge in [0.15, 0.2) is 0 Å². The minimum Gasteiger partial charge on any atom is -0.349 e. The number of carbonyl (C=O) groups excluding carboxylic acids is 1. The summed E-state index contributed by atoms with van der Waals surface area (Å²) < 4.78 is 35.8. The first kappa shape index (κ1) is 15.3. The van der Waals surface area contributed by atoms with E-state index in [1.807, 2.05) is 6.92 Å². The molecule has 7 heteroatoms. The molecular weight excluding hydrogens is 305 g/mol. The summed E-state index contributed by atoms with van der Waals surface area (Å²) in [5.41, 5.74) is 0.0804. The van der Waals surface area contributed by atoms with Gasteiger partial charge in [0.2, 0.25) is 0 Å². The van der Waals surface area contributed by atoms with E-state index < -0.39 is 25.7 Å². The van der Waals surface area contributed by atoms with Gasteiger partial charge in [-0.25, -0.2) is 12.8 Å². The lowest BCUT2D eigenvalue weighted by atomic mass is 9.80. The zero-order valence-electron chi connectivity index (χ0n) is 10.9. The van der Waals surface area contributed by atoms with Gasteiger partial charge in [-0.05, 0) is 43.9 Å². The lowest BCUT2D eigenvalue weighted by Gasteiger charge is -2.31. The number of halogens is 2. The molecule has 1 saturated carbocycles. The molecular formula is C13H15ClFNO3S. The lowest BCUT2D eigenvalue weighted by Crippen LogP contribution is -2.40. The summed E-state index contributed by atoms with van der Waals surface area (Å²) in [4.78, 5) is 11.3. The van der Waals surface area contributed by atoms with Gasteiger partial charge in [-0.15, -0.1) is 0 Å². The van der Waals surface area contributed by atoms with Crippen molar-refractivity contribution in [3.05, 3.63) is 29.6 Å². The smallest absolute Gasteiger partial charge is 0.264 e. The first-order valence-corrected chi connectivity index (χ1v) is 8.65. The summed E-state index contributed by atoms with van der Waals surface area (Å²) >= 11 is 0. The number of hydrogen-bond donors (Lipinski definition) is 1. The second-order valence-electron chi connectivity index (χ2n) is 5.04. The maximum Gasteiger partial charge on any atom is 0.264 e. The molecule has 110 valence electrons. The Hall–Kier alpha value is -1.14. The van der Waals surface area contributed by atoms with Gasteiger partial charge in [-0.2, -0.15) is 0 Å². The molecule has 0 aliphatic heterocycles. The number of nitrogens with one attached hydrogen (secondary N) is 1.